The van der Waals surface area contributed by atoms with E-state index in [4.69, 9.17) is 4.74 Å². The van der Waals surface area contributed by atoms with Crippen LogP contribution < -0.4 is 0 Å². The fraction of sp³-hybridized carbons (Fsp3) is 0.875. The number of hydrogen-bond acceptors (Lipinski definition) is 2. The first kappa shape index (κ1) is 5.16. The van der Waals surface area contributed by atoms with Crippen molar-refractivity contribution in [3.05, 3.63) is 0 Å². The predicted octanol–water partition coefficient (Wildman–Crippen LogP) is 0.958. The molecule has 2 heteroatoms. The molecule has 10 heavy (non-hydrogen) atoms. The Morgan fingerprint density at radius 2 is 2.30 bits per heavy atom. The van der Waals surface area contributed by atoms with Crippen molar-refractivity contribution < 1.29 is 9.53 Å². The zero-order chi connectivity index (χ0) is 6.72. The normalized spacial score (nSPS) is 55.8. The second-order valence-electron chi connectivity index (χ2n) is 3.74. The third-order valence-corrected chi connectivity index (χ3v) is 3.38. The van der Waals surface area contributed by atoms with E-state index in [1.807, 2.05) is 0 Å². The van der Waals surface area contributed by atoms with Crippen molar-refractivity contribution in [2.24, 2.45) is 17.8 Å². The summed E-state index contributed by atoms with van der Waals surface area (Å²) in [6.07, 6.45) is 3.96. The Hall–Kier alpha value is -0.530. The van der Waals surface area contributed by atoms with Crippen LogP contribution in [0.4, 0.5) is 0 Å². The van der Waals surface area contributed by atoms with Crippen LogP contribution >= 0.6 is 0 Å². The maximum Gasteiger partial charge on any atom is 0.309 e. The molecule has 3 aliphatic carbocycles. The second-order valence-corrected chi connectivity index (χ2v) is 3.74. The zero-order valence-corrected chi connectivity index (χ0v) is 5.75. The van der Waals surface area contributed by atoms with Gasteiger partial charge in [0.1, 0.15) is 6.10 Å². The van der Waals surface area contributed by atoms with E-state index in [0.29, 0.717) is 23.9 Å². The molecule has 1 aliphatic heterocycles. The van der Waals surface area contributed by atoms with Crippen molar-refractivity contribution in [2.75, 3.05) is 0 Å². The van der Waals surface area contributed by atoms with Gasteiger partial charge in [-0.05, 0) is 25.2 Å². The van der Waals surface area contributed by atoms with Gasteiger partial charge in [-0.25, -0.2) is 0 Å². The fourth-order valence-corrected chi connectivity index (χ4v) is 2.81. The molecule has 1 saturated heterocycles. The number of rotatable bonds is 0. The minimum Gasteiger partial charge on any atom is -0.462 e. The van der Waals surface area contributed by atoms with Crippen LogP contribution in [0, 0.1) is 17.8 Å². The molecule has 4 bridgehead atoms. The Labute approximate surface area is 59.6 Å². The molecular weight excluding hydrogens is 128 g/mol. The summed E-state index contributed by atoms with van der Waals surface area (Å²) in [7, 11) is 0. The van der Waals surface area contributed by atoms with Gasteiger partial charge in [0, 0.05) is 5.92 Å². The highest BCUT2D eigenvalue weighted by Gasteiger charge is 2.59. The standard InChI is InChI=1S/C8H10O2/c9-8-7-4-1-2-6(10-8)5(7)3-4/h4-7H,1-3H2/t4-,5-,6+,7-/m1/s1. The highest BCUT2D eigenvalue weighted by molar-refractivity contribution is 5.77. The van der Waals surface area contributed by atoms with Crippen molar-refractivity contribution >= 4 is 5.97 Å². The third-order valence-electron chi connectivity index (χ3n) is 3.38. The summed E-state index contributed by atoms with van der Waals surface area (Å²) in [5, 5.41) is 0. The number of carbonyl (C=O) groups is 1. The predicted molar refractivity (Wildman–Crippen MR) is 34.2 cm³/mol. The number of hydrogen-bond donors (Lipinski definition) is 0. The zero-order valence-electron chi connectivity index (χ0n) is 5.75. The van der Waals surface area contributed by atoms with Gasteiger partial charge in [-0.1, -0.05) is 0 Å². The fourth-order valence-electron chi connectivity index (χ4n) is 2.81. The molecule has 0 unspecified atom stereocenters. The molecule has 4 atom stereocenters. The molecule has 0 amide bonds. The first-order valence-corrected chi connectivity index (χ1v) is 4.07. The smallest absolute Gasteiger partial charge is 0.309 e. The van der Waals surface area contributed by atoms with Gasteiger partial charge in [0.05, 0.1) is 5.92 Å². The lowest BCUT2D eigenvalue weighted by Gasteiger charge is -2.43. The quantitative estimate of drug-likeness (QED) is 0.466. The molecule has 2 nitrogen and oxygen atoms in total. The number of esters is 1. The van der Waals surface area contributed by atoms with Crippen LogP contribution in [-0.2, 0) is 9.53 Å². The van der Waals surface area contributed by atoms with Gasteiger partial charge in [0.15, 0.2) is 0 Å². The maximum atomic E-state index is 11.1. The Kier molecular flexibility index (Phi) is 0.715. The molecule has 3 saturated carbocycles. The van der Waals surface area contributed by atoms with Gasteiger partial charge in [0.2, 0.25) is 0 Å². The second kappa shape index (κ2) is 1.39. The molecule has 1 heterocycles. The van der Waals surface area contributed by atoms with Crippen LogP contribution in [0.5, 0.6) is 0 Å². The third kappa shape index (κ3) is 0.386. The molecule has 0 aromatic carbocycles. The summed E-state index contributed by atoms with van der Waals surface area (Å²) in [6.45, 7) is 0. The van der Waals surface area contributed by atoms with E-state index in [0.717, 1.165) is 6.42 Å². The lowest BCUT2D eigenvalue weighted by atomic mass is 9.58. The summed E-state index contributed by atoms with van der Waals surface area (Å²) in [6, 6.07) is 0. The lowest BCUT2D eigenvalue weighted by Crippen LogP contribution is -2.44. The Balaban J connectivity index is 2.02. The van der Waals surface area contributed by atoms with Gasteiger partial charge < -0.3 is 4.74 Å². The Morgan fingerprint density at radius 3 is 2.90 bits per heavy atom. The van der Waals surface area contributed by atoms with Crippen molar-refractivity contribution in [2.45, 2.75) is 25.4 Å². The van der Waals surface area contributed by atoms with E-state index in [-0.39, 0.29) is 5.97 Å². The molecule has 0 radical (unpaired) electrons. The van der Waals surface area contributed by atoms with E-state index in [2.05, 4.69) is 0 Å². The summed E-state index contributed by atoms with van der Waals surface area (Å²) in [4.78, 5) is 11.1. The summed E-state index contributed by atoms with van der Waals surface area (Å²) in [5.74, 6) is 1.77. The van der Waals surface area contributed by atoms with E-state index in [9.17, 15) is 4.79 Å². The first-order chi connectivity index (χ1) is 4.86. The summed E-state index contributed by atoms with van der Waals surface area (Å²) in [5.41, 5.74) is 0. The molecule has 4 fully saturated rings. The molecule has 0 aromatic rings. The largest absolute Gasteiger partial charge is 0.462 e. The number of carbonyl (C=O) groups excluding carboxylic acids is 1. The Morgan fingerprint density at radius 1 is 1.40 bits per heavy atom. The van der Waals surface area contributed by atoms with Crippen LogP contribution in [0.15, 0.2) is 0 Å². The number of fused-ring (bicyclic) bond motifs is 1. The van der Waals surface area contributed by atoms with Gasteiger partial charge in [-0.15, -0.1) is 0 Å². The van der Waals surface area contributed by atoms with Crippen molar-refractivity contribution in [3.8, 4) is 0 Å². The van der Waals surface area contributed by atoms with Crippen LogP contribution in [0.25, 0.3) is 0 Å². The van der Waals surface area contributed by atoms with Gasteiger partial charge in [0.25, 0.3) is 0 Å². The average molecular weight is 138 g/mol. The molecule has 54 valence electrons. The van der Waals surface area contributed by atoms with E-state index in [1.54, 1.807) is 0 Å². The van der Waals surface area contributed by atoms with Crippen LogP contribution in [0.1, 0.15) is 19.3 Å². The van der Waals surface area contributed by atoms with Crippen molar-refractivity contribution in [1.82, 2.24) is 0 Å². The lowest BCUT2D eigenvalue weighted by molar-refractivity contribution is -0.144. The number of ether oxygens (including phenoxy) is 1. The molecule has 4 rings (SSSR count). The monoisotopic (exact) mass is 138 g/mol. The van der Waals surface area contributed by atoms with Gasteiger partial charge >= 0.3 is 5.97 Å². The minimum atomic E-state index is 0.101. The highest BCUT2D eigenvalue weighted by atomic mass is 16.6. The summed E-state index contributed by atoms with van der Waals surface area (Å²) < 4.78 is 5.20. The highest BCUT2D eigenvalue weighted by Crippen LogP contribution is 2.56. The molecule has 0 spiro atoms. The van der Waals surface area contributed by atoms with E-state index >= 15 is 0 Å². The molecule has 4 aliphatic rings. The molecular formula is C8H10O2. The van der Waals surface area contributed by atoms with Crippen LogP contribution in [-0.4, -0.2) is 12.1 Å². The van der Waals surface area contributed by atoms with Crippen molar-refractivity contribution in [1.29, 1.82) is 0 Å². The maximum absolute atomic E-state index is 11.1. The summed E-state index contributed by atoms with van der Waals surface area (Å²) >= 11 is 0. The van der Waals surface area contributed by atoms with Crippen molar-refractivity contribution in [3.63, 3.8) is 0 Å². The van der Waals surface area contributed by atoms with Gasteiger partial charge in [-0.2, -0.15) is 0 Å². The Bertz CT molecular complexity index is 195. The van der Waals surface area contributed by atoms with Crippen LogP contribution in [0.3, 0.4) is 0 Å². The van der Waals surface area contributed by atoms with Gasteiger partial charge in [-0.3, -0.25) is 4.79 Å². The molecule has 0 aromatic heterocycles. The first-order valence-electron chi connectivity index (χ1n) is 4.07. The van der Waals surface area contributed by atoms with E-state index < -0.39 is 0 Å². The topological polar surface area (TPSA) is 26.3 Å². The van der Waals surface area contributed by atoms with Crippen LogP contribution in [0.2, 0.25) is 0 Å². The average Bonchev–Trinajstić information content (AvgIpc) is 2.00. The molecule has 0 N–H and O–H groups in total. The van der Waals surface area contributed by atoms with E-state index in [1.165, 1.54) is 12.8 Å². The SMILES string of the molecule is O=C1O[C@H]2CC[C@@H]3C[C@H]2[C@H]13. The minimum absolute atomic E-state index is 0.101.